The molecule has 0 unspecified atom stereocenters. The van der Waals surface area contributed by atoms with Gasteiger partial charge >= 0.3 is 0 Å². The van der Waals surface area contributed by atoms with Gasteiger partial charge in [-0.3, -0.25) is 9.59 Å². The Bertz CT molecular complexity index is 699. The Morgan fingerprint density at radius 2 is 1.81 bits per heavy atom. The molecule has 4 saturated heterocycles. The molecule has 2 bridgehead atoms. The van der Waals surface area contributed by atoms with E-state index in [-0.39, 0.29) is 29.8 Å². The molecule has 0 saturated carbocycles. The molecule has 1 N–H and O–H groups in total. The van der Waals surface area contributed by atoms with Crippen LogP contribution in [0.4, 0.5) is 0 Å². The summed E-state index contributed by atoms with van der Waals surface area (Å²) in [6, 6.07) is 0.345. The third-order valence-electron chi connectivity index (χ3n) is 7.13. The second-order valence-electron chi connectivity index (χ2n) is 8.59. The van der Waals surface area contributed by atoms with E-state index in [1.54, 1.807) is 12.7 Å². The van der Waals surface area contributed by atoms with E-state index in [4.69, 9.17) is 0 Å². The fraction of sp³-hybridized carbons (Fsp3) is 0.789. The van der Waals surface area contributed by atoms with Gasteiger partial charge in [-0.25, -0.2) is 0 Å². The van der Waals surface area contributed by atoms with Crippen molar-refractivity contribution < 1.29 is 9.59 Å². The number of hydrogen-bond acceptors (Lipinski definition) is 5. The van der Waals surface area contributed by atoms with Crippen molar-refractivity contribution in [1.82, 2.24) is 29.9 Å². The first-order chi connectivity index (χ1) is 13.2. The first-order valence-corrected chi connectivity index (χ1v) is 10.4. The van der Waals surface area contributed by atoms with Crippen molar-refractivity contribution in [3.05, 3.63) is 12.7 Å². The van der Waals surface area contributed by atoms with E-state index in [1.165, 1.54) is 0 Å². The quantitative estimate of drug-likeness (QED) is 0.814. The van der Waals surface area contributed by atoms with E-state index in [0.29, 0.717) is 18.4 Å². The van der Waals surface area contributed by atoms with Crippen molar-refractivity contribution in [2.45, 2.75) is 56.7 Å². The minimum Gasteiger partial charge on any atom is -0.341 e. The molecule has 0 aliphatic carbocycles. The molecule has 4 atom stereocenters. The van der Waals surface area contributed by atoms with Crippen LogP contribution in [0, 0.1) is 11.8 Å². The maximum atomic E-state index is 13.5. The Labute approximate surface area is 159 Å². The predicted molar refractivity (Wildman–Crippen MR) is 97.6 cm³/mol. The Kier molecular flexibility index (Phi) is 4.38. The van der Waals surface area contributed by atoms with E-state index >= 15 is 0 Å². The van der Waals surface area contributed by atoms with Crippen LogP contribution in [0.5, 0.6) is 0 Å². The molecule has 27 heavy (non-hydrogen) atoms. The molecule has 0 aromatic carbocycles. The van der Waals surface area contributed by atoms with Crippen molar-refractivity contribution in [3.8, 4) is 0 Å². The van der Waals surface area contributed by atoms with E-state index in [2.05, 4.69) is 15.5 Å². The Balaban J connectivity index is 1.33. The summed E-state index contributed by atoms with van der Waals surface area (Å²) in [5, 5.41) is 11.3. The zero-order chi connectivity index (χ0) is 18.4. The fourth-order valence-electron chi connectivity index (χ4n) is 5.80. The molecule has 8 heteroatoms. The molecule has 146 valence electrons. The second kappa shape index (κ2) is 6.89. The number of amides is 2. The number of piperidine rings is 4. The lowest BCUT2D eigenvalue weighted by molar-refractivity contribution is -0.162. The summed E-state index contributed by atoms with van der Waals surface area (Å²) in [7, 11) is 0. The van der Waals surface area contributed by atoms with Gasteiger partial charge in [-0.2, -0.15) is 0 Å². The molecule has 4 aliphatic heterocycles. The summed E-state index contributed by atoms with van der Waals surface area (Å²) in [6.45, 7) is 3.32. The number of carbonyl (C=O) groups excluding carboxylic acids is 2. The van der Waals surface area contributed by atoms with Gasteiger partial charge in [0.25, 0.3) is 0 Å². The highest BCUT2D eigenvalue weighted by Crippen LogP contribution is 2.40. The molecule has 5 rings (SSSR count). The number of hydrogen-bond donors (Lipinski definition) is 1. The summed E-state index contributed by atoms with van der Waals surface area (Å²) in [6.07, 6.45) is 9.04. The van der Waals surface area contributed by atoms with Crippen LogP contribution < -0.4 is 5.32 Å². The van der Waals surface area contributed by atoms with Gasteiger partial charge in [0.15, 0.2) is 0 Å². The van der Waals surface area contributed by atoms with Crippen LogP contribution in [0.1, 0.15) is 44.6 Å². The topological polar surface area (TPSA) is 83.4 Å². The fourth-order valence-corrected chi connectivity index (χ4v) is 5.80. The van der Waals surface area contributed by atoms with E-state index < -0.39 is 0 Å². The highest BCUT2D eigenvalue weighted by Gasteiger charge is 2.51. The van der Waals surface area contributed by atoms with Crippen LogP contribution in [0.25, 0.3) is 0 Å². The van der Waals surface area contributed by atoms with Crippen molar-refractivity contribution in [2.24, 2.45) is 11.8 Å². The molecule has 0 spiro atoms. The third-order valence-corrected chi connectivity index (χ3v) is 7.13. The molecule has 0 radical (unpaired) electrons. The van der Waals surface area contributed by atoms with Crippen LogP contribution in [0.3, 0.4) is 0 Å². The lowest BCUT2D eigenvalue weighted by Crippen LogP contribution is -2.68. The van der Waals surface area contributed by atoms with Crippen molar-refractivity contribution in [1.29, 1.82) is 0 Å². The molecular formula is C19H28N6O2. The SMILES string of the molecule is O=C([C@H]1[C@@H]2CNC[C@@H](C2)[C@@H]2CCCC(=O)N21)N1CCC(n2cnnc2)CC1. The summed E-state index contributed by atoms with van der Waals surface area (Å²) < 4.78 is 2.04. The van der Waals surface area contributed by atoms with Gasteiger partial charge in [0.05, 0.1) is 0 Å². The smallest absolute Gasteiger partial charge is 0.245 e. The van der Waals surface area contributed by atoms with E-state index in [0.717, 1.165) is 58.3 Å². The number of rotatable bonds is 2. The Hall–Kier alpha value is -1.96. The number of nitrogens with zero attached hydrogens (tertiary/aromatic N) is 5. The normalized spacial score (nSPS) is 34.4. The Morgan fingerprint density at radius 1 is 1.07 bits per heavy atom. The number of aromatic nitrogens is 3. The summed E-state index contributed by atoms with van der Waals surface area (Å²) in [4.78, 5) is 30.3. The predicted octanol–water partition coefficient (Wildman–Crippen LogP) is 0.431. The molecule has 1 aromatic heterocycles. The number of fused-ring (bicyclic) bond motifs is 4. The highest BCUT2D eigenvalue weighted by molar-refractivity contribution is 5.89. The molecule has 5 heterocycles. The van der Waals surface area contributed by atoms with Crippen LogP contribution in [0.2, 0.25) is 0 Å². The molecule has 1 aromatic rings. The zero-order valence-electron chi connectivity index (χ0n) is 15.7. The second-order valence-corrected chi connectivity index (χ2v) is 8.59. The van der Waals surface area contributed by atoms with Crippen molar-refractivity contribution in [2.75, 3.05) is 26.2 Å². The van der Waals surface area contributed by atoms with Gasteiger partial charge < -0.3 is 19.7 Å². The maximum absolute atomic E-state index is 13.5. The van der Waals surface area contributed by atoms with Crippen LogP contribution >= 0.6 is 0 Å². The Morgan fingerprint density at radius 3 is 2.59 bits per heavy atom. The summed E-state index contributed by atoms with van der Waals surface area (Å²) in [5.74, 6) is 1.13. The van der Waals surface area contributed by atoms with Gasteiger partial charge in [0.1, 0.15) is 18.7 Å². The lowest BCUT2D eigenvalue weighted by atomic mass is 9.72. The van der Waals surface area contributed by atoms with Crippen molar-refractivity contribution in [3.63, 3.8) is 0 Å². The number of carbonyl (C=O) groups is 2. The third kappa shape index (κ3) is 2.94. The van der Waals surface area contributed by atoms with E-state index in [1.807, 2.05) is 14.4 Å². The average molecular weight is 372 g/mol. The number of likely N-dealkylation sites (tertiary alicyclic amines) is 1. The van der Waals surface area contributed by atoms with Crippen molar-refractivity contribution >= 4 is 11.8 Å². The molecule has 4 aliphatic rings. The largest absolute Gasteiger partial charge is 0.341 e. The zero-order valence-corrected chi connectivity index (χ0v) is 15.7. The van der Waals surface area contributed by atoms with Gasteiger partial charge in [-0.15, -0.1) is 10.2 Å². The van der Waals surface area contributed by atoms with Crippen LogP contribution in [0.15, 0.2) is 12.7 Å². The molecule has 8 nitrogen and oxygen atoms in total. The minimum absolute atomic E-state index is 0.171. The lowest BCUT2D eigenvalue weighted by Gasteiger charge is -2.54. The first-order valence-electron chi connectivity index (χ1n) is 10.4. The molecule has 2 amide bonds. The monoisotopic (exact) mass is 372 g/mol. The van der Waals surface area contributed by atoms with Gasteiger partial charge in [-0.05, 0) is 44.6 Å². The van der Waals surface area contributed by atoms with E-state index in [9.17, 15) is 9.59 Å². The van der Waals surface area contributed by atoms with Crippen LogP contribution in [-0.4, -0.2) is 74.6 Å². The highest BCUT2D eigenvalue weighted by atomic mass is 16.2. The minimum atomic E-state index is -0.265. The molecule has 4 fully saturated rings. The molecular weight excluding hydrogens is 344 g/mol. The summed E-state index contributed by atoms with van der Waals surface area (Å²) in [5.41, 5.74) is 0. The first kappa shape index (κ1) is 17.2. The number of nitrogens with one attached hydrogen (secondary N) is 1. The van der Waals surface area contributed by atoms with Crippen LogP contribution in [-0.2, 0) is 9.59 Å². The van der Waals surface area contributed by atoms with Gasteiger partial charge in [0, 0.05) is 44.1 Å². The summed E-state index contributed by atoms with van der Waals surface area (Å²) >= 11 is 0. The average Bonchev–Trinajstić information content (AvgIpc) is 3.24. The van der Waals surface area contributed by atoms with Gasteiger partial charge in [-0.1, -0.05) is 0 Å². The standard InChI is InChI=1S/C19H28N6O2/c26-17-3-1-2-16-13-8-14(10-20-9-13)18(25(16)17)19(27)23-6-4-15(5-7-23)24-11-21-22-12-24/h11-16,18,20H,1-10H2/t13-,14+,16+,18-/m1/s1. The maximum Gasteiger partial charge on any atom is 0.245 e. The van der Waals surface area contributed by atoms with Gasteiger partial charge in [0.2, 0.25) is 11.8 Å².